The number of hydrogen-bond donors (Lipinski definition) is 1. The van der Waals surface area contributed by atoms with Crippen LogP contribution in [0.2, 0.25) is 0 Å². The van der Waals surface area contributed by atoms with Crippen LogP contribution in [0.1, 0.15) is 26.3 Å². The lowest BCUT2D eigenvalue weighted by atomic mass is 10.2. The van der Waals surface area contributed by atoms with E-state index in [0.29, 0.717) is 0 Å². The van der Waals surface area contributed by atoms with E-state index in [4.69, 9.17) is 4.74 Å². The maximum Gasteiger partial charge on any atom is 0.407 e. The summed E-state index contributed by atoms with van der Waals surface area (Å²) in [7, 11) is 0. The van der Waals surface area contributed by atoms with Gasteiger partial charge >= 0.3 is 12.1 Å². The zero-order valence-electron chi connectivity index (χ0n) is 11.3. The summed E-state index contributed by atoms with van der Waals surface area (Å²) in [6, 6.07) is 1.76. The van der Waals surface area contributed by atoms with Crippen molar-refractivity contribution in [3.8, 4) is 5.75 Å². The predicted octanol–water partition coefficient (Wildman–Crippen LogP) is 2.52. The average Bonchev–Trinajstić information content (AvgIpc) is 2.30. The van der Waals surface area contributed by atoms with Crippen molar-refractivity contribution in [1.82, 2.24) is 5.32 Å². The minimum absolute atomic E-state index is 0.106. The summed E-state index contributed by atoms with van der Waals surface area (Å²) in [5.41, 5.74) is 0.106. The van der Waals surface area contributed by atoms with Gasteiger partial charge in [-0.1, -0.05) is 0 Å². The lowest BCUT2D eigenvalue weighted by molar-refractivity contribution is -0.132. The van der Waals surface area contributed by atoms with E-state index in [1.165, 1.54) is 0 Å². The fourth-order valence-corrected chi connectivity index (χ4v) is 1.36. The van der Waals surface area contributed by atoms with E-state index in [9.17, 15) is 18.4 Å². The van der Waals surface area contributed by atoms with Crippen LogP contribution >= 0.6 is 0 Å². The monoisotopic (exact) mass is 287 g/mol. The molecule has 0 unspecified atom stereocenters. The molecule has 1 amide bonds. The molecule has 1 N–H and O–H groups in total. The van der Waals surface area contributed by atoms with Crippen LogP contribution in [-0.4, -0.2) is 18.1 Å². The summed E-state index contributed by atoms with van der Waals surface area (Å²) in [5, 5.41) is 2.46. The van der Waals surface area contributed by atoms with Crippen LogP contribution in [0.5, 0.6) is 5.75 Å². The molecule has 1 aromatic carbocycles. The Morgan fingerprint density at radius 1 is 1.25 bits per heavy atom. The Labute approximate surface area is 114 Å². The molecule has 0 atom stereocenters. The Bertz CT molecular complexity index is 494. The first-order valence-electron chi connectivity index (χ1n) is 5.89. The van der Waals surface area contributed by atoms with E-state index in [-0.39, 0.29) is 18.2 Å². The molecule has 1 aromatic rings. The van der Waals surface area contributed by atoms with Crippen LogP contribution in [0.25, 0.3) is 0 Å². The van der Waals surface area contributed by atoms with Gasteiger partial charge in [0.05, 0.1) is 0 Å². The van der Waals surface area contributed by atoms with Gasteiger partial charge in [-0.3, -0.25) is 4.79 Å². The average molecular weight is 287 g/mol. The molecule has 0 saturated carbocycles. The molecule has 0 aliphatic heterocycles. The number of alkyl carbamates (subject to hydrolysis) is 1. The number of ether oxygens (including phenoxy) is 2. The van der Waals surface area contributed by atoms with Crippen molar-refractivity contribution in [2.45, 2.75) is 33.4 Å². The number of amides is 1. The second-order valence-electron chi connectivity index (χ2n) is 4.36. The smallest absolute Gasteiger partial charge is 0.407 e. The molecule has 7 heteroatoms. The minimum Gasteiger partial charge on any atom is -0.445 e. The maximum absolute atomic E-state index is 13.5. The summed E-state index contributed by atoms with van der Waals surface area (Å²) in [5.74, 6) is -3.68. The van der Waals surface area contributed by atoms with Crippen molar-refractivity contribution in [2.24, 2.45) is 0 Å². The highest BCUT2D eigenvalue weighted by molar-refractivity contribution is 5.69. The molecule has 0 radical (unpaired) electrons. The Kier molecular flexibility index (Phi) is 5.42. The Hall–Kier alpha value is -2.18. The lowest BCUT2D eigenvalue weighted by Crippen LogP contribution is -2.30. The van der Waals surface area contributed by atoms with Crippen molar-refractivity contribution in [3.63, 3.8) is 0 Å². The van der Waals surface area contributed by atoms with Gasteiger partial charge < -0.3 is 14.8 Å². The van der Waals surface area contributed by atoms with Crippen molar-refractivity contribution in [2.75, 3.05) is 0 Å². The number of hydrogen-bond acceptors (Lipinski definition) is 4. The first kappa shape index (κ1) is 15.9. The predicted molar refractivity (Wildman–Crippen MR) is 66.1 cm³/mol. The summed E-state index contributed by atoms with van der Waals surface area (Å²) >= 11 is 0. The van der Waals surface area contributed by atoms with E-state index >= 15 is 0 Å². The molecule has 0 heterocycles. The van der Waals surface area contributed by atoms with E-state index in [2.05, 4.69) is 10.1 Å². The summed E-state index contributed by atoms with van der Waals surface area (Å²) in [6.07, 6.45) is -0.690. The second-order valence-corrected chi connectivity index (χ2v) is 4.36. The second kappa shape index (κ2) is 6.83. The summed E-state index contributed by atoms with van der Waals surface area (Å²) in [4.78, 5) is 21.9. The van der Waals surface area contributed by atoms with Crippen LogP contribution in [-0.2, 0) is 16.1 Å². The maximum atomic E-state index is 13.5. The van der Waals surface area contributed by atoms with Crippen molar-refractivity contribution >= 4 is 12.1 Å². The molecule has 0 fully saturated rings. The highest BCUT2D eigenvalue weighted by atomic mass is 19.1. The molecule has 5 nitrogen and oxygen atoms in total. The number of esters is 1. The largest absolute Gasteiger partial charge is 0.445 e. The van der Waals surface area contributed by atoms with E-state index < -0.39 is 29.4 Å². The van der Waals surface area contributed by atoms with Crippen molar-refractivity contribution < 1.29 is 27.8 Å². The molecular weight excluding hydrogens is 272 g/mol. The van der Waals surface area contributed by atoms with Gasteiger partial charge in [-0.05, 0) is 31.5 Å². The number of rotatable bonds is 4. The van der Waals surface area contributed by atoms with Crippen LogP contribution < -0.4 is 10.1 Å². The van der Waals surface area contributed by atoms with Crippen LogP contribution in [0, 0.1) is 11.6 Å². The van der Waals surface area contributed by atoms with Gasteiger partial charge in [0.15, 0.2) is 11.6 Å². The summed E-state index contributed by atoms with van der Waals surface area (Å²) < 4.78 is 36.2. The molecule has 0 saturated heterocycles. The highest BCUT2D eigenvalue weighted by Gasteiger charge is 2.15. The van der Waals surface area contributed by atoms with Gasteiger partial charge in [0, 0.05) is 13.0 Å². The Morgan fingerprint density at radius 3 is 2.25 bits per heavy atom. The zero-order valence-corrected chi connectivity index (χ0v) is 11.3. The molecule has 110 valence electrons. The highest BCUT2D eigenvalue weighted by Crippen LogP contribution is 2.23. The quantitative estimate of drug-likeness (QED) is 0.682. The molecule has 1 rings (SSSR count). The first-order chi connectivity index (χ1) is 9.29. The fourth-order valence-electron chi connectivity index (χ4n) is 1.36. The van der Waals surface area contributed by atoms with E-state index in [1.54, 1.807) is 13.8 Å². The SMILES string of the molecule is CC(=O)Oc1c(F)cc(COC(=O)NC(C)C)cc1F. The number of carbonyl (C=O) groups is 2. The normalized spacial score (nSPS) is 10.3. The molecular formula is C13H15F2NO4. The first-order valence-corrected chi connectivity index (χ1v) is 5.89. The Morgan fingerprint density at radius 2 is 1.80 bits per heavy atom. The van der Waals surface area contributed by atoms with Gasteiger partial charge in [0.2, 0.25) is 5.75 Å². The molecule has 0 spiro atoms. The Balaban J connectivity index is 2.74. The third-order valence-electron chi connectivity index (χ3n) is 2.08. The van der Waals surface area contributed by atoms with Gasteiger partial charge in [0.1, 0.15) is 6.61 Å². The van der Waals surface area contributed by atoms with Crippen LogP contribution in [0.3, 0.4) is 0 Å². The van der Waals surface area contributed by atoms with E-state index in [0.717, 1.165) is 19.1 Å². The van der Waals surface area contributed by atoms with Crippen LogP contribution in [0.4, 0.5) is 13.6 Å². The van der Waals surface area contributed by atoms with Crippen LogP contribution in [0.15, 0.2) is 12.1 Å². The molecule has 20 heavy (non-hydrogen) atoms. The van der Waals surface area contributed by atoms with Gasteiger partial charge in [0.25, 0.3) is 0 Å². The number of halogens is 2. The molecule has 0 bridgehead atoms. The fraction of sp³-hybridized carbons (Fsp3) is 0.385. The van der Waals surface area contributed by atoms with Gasteiger partial charge in [-0.25, -0.2) is 13.6 Å². The number of carbonyl (C=O) groups excluding carboxylic acids is 2. The topological polar surface area (TPSA) is 64.6 Å². The minimum atomic E-state index is -1.04. The lowest BCUT2D eigenvalue weighted by Gasteiger charge is -2.10. The summed E-state index contributed by atoms with van der Waals surface area (Å²) in [6.45, 7) is 4.22. The molecule has 0 aromatic heterocycles. The standard InChI is InChI=1S/C13H15F2NO4/c1-7(2)16-13(18)19-6-9-4-10(14)12(11(15)5-9)20-8(3)17/h4-5,7H,6H2,1-3H3,(H,16,18). The zero-order chi connectivity index (χ0) is 15.3. The third kappa shape index (κ3) is 4.83. The van der Waals surface area contributed by atoms with Gasteiger partial charge in [-0.2, -0.15) is 0 Å². The molecule has 0 aliphatic carbocycles. The number of nitrogens with one attached hydrogen (secondary N) is 1. The van der Waals surface area contributed by atoms with E-state index in [1.807, 2.05) is 0 Å². The van der Waals surface area contributed by atoms with Crippen molar-refractivity contribution in [3.05, 3.63) is 29.3 Å². The third-order valence-corrected chi connectivity index (χ3v) is 2.08. The molecule has 0 aliphatic rings. The number of benzene rings is 1. The van der Waals surface area contributed by atoms with Crippen molar-refractivity contribution in [1.29, 1.82) is 0 Å². The van der Waals surface area contributed by atoms with Gasteiger partial charge in [-0.15, -0.1) is 0 Å².